The minimum atomic E-state index is -0.0557. The first-order chi connectivity index (χ1) is 5.16. The van der Waals surface area contributed by atoms with Gasteiger partial charge in [-0.15, -0.1) is 11.6 Å². The van der Waals surface area contributed by atoms with Gasteiger partial charge in [0.2, 0.25) is 5.91 Å². The Balaban J connectivity index is 2.16. The van der Waals surface area contributed by atoms with Gasteiger partial charge in [-0.1, -0.05) is 13.3 Å². The molecule has 0 spiro atoms. The number of nitrogens with one attached hydrogen (secondary N) is 1. The van der Waals surface area contributed by atoms with Gasteiger partial charge in [-0.25, -0.2) is 0 Å². The zero-order valence-electron chi connectivity index (χ0n) is 6.82. The van der Waals surface area contributed by atoms with E-state index in [9.17, 15) is 4.79 Å². The van der Waals surface area contributed by atoms with E-state index in [-0.39, 0.29) is 11.8 Å². The average molecular weight is 176 g/mol. The smallest absolute Gasteiger partial charge is 0.234 e. The summed E-state index contributed by atoms with van der Waals surface area (Å²) in [6.07, 6.45) is 3.76. The van der Waals surface area contributed by atoms with Crippen molar-refractivity contribution < 1.29 is 4.79 Å². The second kappa shape index (κ2) is 3.44. The van der Waals surface area contributed by atoms with E-state index in [1.165, 1.54) is 19.3 Å². The molecule has 1 saturated carbocycles. The van der Waals surface area contributed by atoms with E-state index in [1.807, 2.05) is 0 Å². The maximum atomic E-state index is 10.8. The van der Waals surface area contributed by atoms with Crippen molar-refractivity contribution in [3.05, 3.63) is 0 Å². The third-order valence-corrected chi connectivity index (χ3v) is 2.64. The number of carbonyl (C=O) groups is 1. The van der Waals surface area contributed by atoms with E-state index in [0.29, 0.717) is 5.41 Å². The second-order valence-electron chi connectivity index (χ2n) is 3.57. The molecule has 1 N–H and O–H groups in total. The number of hydrogen-bond donors (Lipinski definition) is 1. The predicted octanol–water partition coefficient (Wildman–Crippen LogP) is 1.53. The number of halogens is 1. The van der Waals surface area contributed by atoms with Crippen molar-refractivity contribution in [1.82, 2.24) is 5.32 Å². The van der Waals surface area contributed by atoms with Crippen LogP contribution in [0.25, 0.3) is 0 Å². The zero-order valence-corrected chi connectivity index (χ0v) is 7.58. The largest absolute Gasteiger partial charge is 0.355 e. The third kappa shape index (κ3) is 2.37. The van der Waals surface area contributed by atoms with E-state index < -0.39 is 0 Å². The highest BCUT2D eigenvalue weighted by atomic mass is 35.5. The molecule has 0 aromatic heterocycles. The SMILES string of the molecule is CC1(CNC(=O)CCl)CCC1. The van der Waals surface area contributed by atoms with Crippen molar-refractivity contribution in [3.63, 3.8) is 0 Å². The summed E-state index contributed by atoms with van der Waals surface area (Å²) in [7, 11) is 0. The Bertz CT molecular complexity index is 154. The molecule has 1 amide bonds. The fourth-order valence-electron chi connectivity index (χ4n) is 1.32. The van der Waals surface area contributed by atoms with Gasteiger partial charge in [-0.2, -0.15) is 0 Å². The number of alkyl halides is 1. The van der Waals surface area contributed by atoms with Crippen LogP contribution in [0.2, 0.25) is 0 Å². The van der Waals surface area contributed by atoms with E-state index in [2.05, 4.69) is 12.2 Å². The monoisotopic (exact) mass is 175 g/mol. The third-order valence-electron chi connectivity index (χ3n) is 2.39. The Hall–Kier alpha value is -0.240. The lowest BCUT2D eigenvalue weighted by atomic mass is 9.70. The summed E-state index contributed by atoms with van der Waals surface area (Å²) in [6.45, 7) is 2.99. The molecule has 0 aliphatic heterocycles. The van der Waals surface area contributed by atoms with Crippen LogP contribution in [0.5, 0.6) is 0 Å². The molecule has 1 aliphatic rings. The van der Waals surface area contributed by atoms with Crippen LogP contribution in [0.4, 0.5) is 0 Å². The summed E-state index contributed by atoms with van der Waals surface area (Å²) in [5, 5.41) is 2.80. The summed E-state index contributed by atoms with van der Waals surface area (Å²) in [4.78, 5) is 10.8. The van der Waals surface area contributed by atoms with Gasteiger partial charge in [0.05, 0.1) is 0 Å². The molecule has 11 heavy (non-hydrogen) atoms. The first kappa shape index (κ1) is 8.85. The van der Waals surface area contributed by atoms with Gasteiger partial charge in [0.15, 0.2) is 0 Å². The molecule has 0 unspecified atom stereocenters. The van der Waals surface area contributed by atoms with Crippen molar-refractivity contribution in [1.29, 1.82) is 0 Å². The molecule has 2 nitrogen and oxygen atoms in total. The van der Waals surface area contributed by atoms with Gasteiger partial charge in [0, 0.05) is 6.54 Å². The van der Waals surface area contributed by atoms with Crippen LogP contribution in [0, 0.1) is 5.41 Å². The minimum absolute atomic E-state index is 0.0557. The van der Waals surface area contributed by atoms with Crippen molar-refractivity contribution >= 4 is 17.5 Å². The molecule has 0 bridgehead atoms. The van der Waals surface area contributed by atoms with Gasteiger partial charge in [0.25, 0.3) is 0 Å². The van der Waals surface area contributed by atoms with Crippen molar-refractivity contribution in [2.45, 2.75) is 26.2 Å². The van der Waals surface area contributed by atoms with Crippen molar-refractivity contribution in [2.24, 2.45) is 5.41 Å². The molecule has 1 aliphatic carbocycles. The molecule has 0 atom stereocenters. The Kier molecular flexibility index (Phi) is 2.77. The zero-order chi connectivity index (χ0) is 8.32. The molecule has 0 heterocycles. The highest BCUT2D eigenvalue weighted by Crippen LogP contribution is 2.39. The molecule has 3 heteroatoms. The van der Waals surface area contributed by atoms with Crippen molar-refractivity contribution in [2.75, 3.05) is 12.4 Å². The highest BCUT2D eigenvalue weighted by Gasteiger charge is 2.31. The molecular weight excluding hydrogens is 162 g/mol. The van der Waals surface area contributed by atoms with Crippen molar-refractivity contribution in [3.8, 4) is 0 Å². The van der Waals surface area contributed by atoms with Crippen LogP contribution in [-0.4, -0.2) is 18.3 Å². The fraction of sp³-hybridized carbons (Fsp3) is 0.875. The molecule has 0 aromatic carbocycles. The first-order valence-electron chi connectivity index (χ1n) is 3.99. The quantitative estimate of drug-likeness (QED) is 0.648. The molecule has 0 aromatic rings. The minimum Gasteiger partial charge on any atom is -0.355 e. The fourth-order valence-corrected chi connectivity index (χ4v) is 1.41. The Labute approximate surface area is 72.3 Å². The van der Waals surface area contributed by atoms with Crippen LogP contribution < -0.4 is 5.32 Å². The number of carbonyl (C=O) groups excluding carboxylic acids is 1. The topological polar surface area (TPSA) is 29.1 Å². The van der Waals surface area contributed by atoms with E-state index >= 15 is 0 Å². The van der Waals surface area contributed by atoms with E-state index in [4.69, 9.17) is 11.6 Å². The lowest BCUT2D eigenvalue weighted by molar-refractivity contribution is -0.119. The van der Waals surface area contributed by atoms with Gasteiger partial charge >= 0.3 is 0 Å². The molecule has 0 saturated heterocycles. The highest BCUT2D eigenvalue weighted by molar-refractivity contribution is 6.27. The molecule has 1 rings (SSSR count). The first-order valence-corrected chi connectivity index (χ1v) is 4.52. The lowest BCUT2D eigenvalue weighted by Crippen LogP contribution is -2.40. The van der Waals surface area contributed by atoms with Crippen LogP contribution in [0.1, 0.15) is 26.2 Å². The summed E-state index contributed by atoms with van der Waals surface area (Å²) >= 11 is 5.33. The number of amides is 1. The van der Waals surface area contributed by atoms with Crippen LogP contribution in [0.15, 0.2) is 0 Å². The number of rotatable bonds is 3. The van der Waals surface area contributed by atoms with E-state index in [0.717, 1.165) is 6.54 Å². The van der Waals surface area contributed by atoms with E-state index in [1.54, 1.807) is 0 Å². The van der Waals surface area contributed by atoms with Gasteiger partial charge in [0.1, 0.15) is 5.88 Å². The Morgan fingerprint density at radius 2 is 2.27 bits per heavy atom. The van der Waals surface area contributed by atoms with Gasteiger partial charge < -0.3 is 5.32 Å². The second-order valence-corrected chi connectivity index (χ2v) is 3.84. The summed E-state index contributed by atoms with van der Waals surface area (Å²) in [5.41, 5.74) is 0.363. The number of hydrogen-bond acceptors (Lipinski definition) is 1. The Morgan fingerprint density at radius 3 is 2.64 bits per heavy atom. The lowest BCUT2D eigenvalue weighted by Gasteiger charge is -2.38. The van der Waals surface area contributed by atoms with Crippen LogP contribution >= 0.6 is 11.6 Å². The summed E-state index contributed by atoms with van der Waals surface area (Å²) < 4.78 is 0. The van der Waals surface area contributed by atoms with Gasteiger partial charge in [-0.05, 0) is 18.3 Å². The molecular formula is C8H14ClNO. The maximum Gasteiger partial charge on any atom is 0.234 e. The molecule has 1 fully saturated rings. The average Bonchev–Trinajstić information content (AvgIpc) is 1.96. The predicted molar refractivity (Wildman–Crippen MR) is 45.7 cm³/mol. The molecule has 64 valence electrons. The standard InChI is InChI=1S/C8H14ClNO/c1-8(3-2-4-8)6-10-7(11)5-9/h2-6H2,1H3,(H,10,11). The Morgan fingerprint density at radius 1 is 1.64 bits per heavy atom. The molecule has 0 radical (unpaired) electrons. The van der Waals surface area contributed by atoms with Crippen LogP contribution in [0.3, 0.4) is 0 Å². The van der Waals surface area contributed by atoms with Crippen LogP contribution in [-0.2, 0) is 4.79 Å². The normalized spacial score (nSPS) is 20.5. The summed E-state index contributed by atoms with van der Waals surface area (Å²) in [6, 6.07) is 0. The summed E-state index contributed by atoms with van der Waals surface area (Å²) in [5.74, 6) is 0.0237. The van der Waals surface area contributed by atoms with Gasteiger partial charge in [-0.3, -0.25) is 4.79 Å². The maximum absolute atomic E-state index is 10.8.